The molecule has 0 amide bonds. The van der Waals surface area contributed by atoms with Gasteiger partial charge in [0.15, 0.2) is 3.98 Å². The van der Waals surface area contributed by atoms with Crippen molar-refractivity contribution in [2.24, 2.45) is 10.2 Å². The zero-order chi connectivity index (χ0) is 14.5. The summed E-state index contributed by atoms with van der Waals surface area (Å²) in [4.78, 5) is 5.42. The zero-order valence-corrected chi connectivity index (χ0v) is 15.1. The Morgan fingerprint density at radius 1 is 0.850 bits per heavy atom. The fourth-order valence-corrected chi connectivity index (χ4v) is 5.81. The lowest BCUT2D eigenvalue weighted by atomic mass is 10.5. The number of aryl methyl sites for hydroxylation is 2. The second-order valence-electron chi connectivity index (χ2n) is 4.13. The maximum absolute atomic E-state index is 4.20. The van der Waals surface area contributed by atoms with Gasteiger partial charge in [0.2, 0.25) is 0 Å². The molecule has 0 saturated carbocycles. The van der Waals surface area contributed by atoms with Crippen LogP contribution in [-0.2, 0) is 0 Å². The Morgan fingerprint density at radius 3 is 2.05 bits per heavy atom. The molecule has 0 aliphatic carbocycles. The average Bonchev–Trinajstić information content (AvgIpc) is 2.88. The fourth-order valence-electron chi connectivity index (χ4n) is 1.30. The van der Waals surface area contributed by atoms with Crippen molar-refractivity contribution in [1.82, 2.24) is 0 Å². The number of rotatable bonds is 3. The number of hydrogen-bond donors (Lipinski definition) is 0. The minimum absolute atomic E-state index is 1.00. The first-order valence-corrected chi connectivity index (χ1v) is 9.37. The minimum Gasteiger partial charge on any atom is -0.157 e. The van der Waals surface area contributed by atoms with E-state index in [1.54, 1.807) is 28.9 Å². The summed E-state index contributed by atoms with van der Waals surface area (Å²) in [7, 11) is 0. The van der Waals surface area contributed by atoms with E-state index in [9.17, 15) is 0 Å². The molecular formula is C14H16N2S4. The van der Waals surface area contributed by atoms with Gasteiger partial charge in [-0.05, 0) is 49.7 Å². The van der Waals surface area contributed by atoms with Crippen LogP contribution in [0.15, 0.2) is 42.5 Å². The van der Waals surface area contributed by atoms with E-state index in [0.29, 0.717) is 0 Å². The van der Waals surface area contributed by atoms with Gasteiger partial charge in [0.1, 0.15) is 0 Å². The van der Waals surface area contributed by atoms with E-state index >= 15 is 0 Å². The molecule has 1 aliphatic heterocycles. The van der Waals surface area contributed by atoms with Crippen LogP contribution in [0.25, 0.3) is 0 Å². The molecule has 0 saturated heterocycles. The quantitative estimate of drug-likeness (QED) is 0.540. The lowest BCUT2D eigenvalue weighted by Gasteiger charge is -1.90. The molecule has 0 atom stereocenters. The molecule has 0 spiro atoms. The highest BCUT2D eigenvalue weighted by molar-refractivity contribution is 8.28. The molecule has 1 aromatic rings. The molecule has 0 fully saturated rings. The lowest BCUT2D eigenvalue weighted by molar-refractivity contribution is 1.20. The minimum atomic E-state index is 1.00. The van der Waals surface area contributed by atoms with Crippen LogP contribution < -0.4 is 3.98 Å². The second kappa shape index (κ2) is 7.45. The molecular weight excluding hydrogens is 324 g/mol. The van der Waals surface area contributed by atoms with Crippen LogP contribution in [0.1, 0.15) is 23.6 Å². The third-order valence-corrected chi connectivity index (χ3v) is 7.51. The fraction of sp³-hybridized carbons (Fsp3) is 0.286. The van der Waals surface area contributed by atoms with Crippen LogP contribution in [-0.4, -0.2) is 6.21 Å². The highest BCUT2D eigenvalue weighted by Gasteiger charge is 2.12. The molecule has 20 heavy (non-hydrogen) atoms. The van der Waals surface area contributed by atoms with E-state index < -0.39 is 0 Å². The summed E-state index contributed by atoms with van der Waals surface area (Å²) in [6, 6.07) is 0. The van der Waals surface area contributed by atoms with Gasteiger partial charge in [0.05, 0.1) is 0 Å². The van der Waals surface area contributed by atoms with Gasteiger partial charge in [-0.3, -0.25) is 0 Å². The molecule has 0 radical (unpaired) electrons. The van der Waals surface area contributed by atoms with Crippen LogP contribution in [0.3, 0.4) is 0 Å². The van der Waals surface area contributed by atoms with Crippen molar-refractivity contribution in [3.05, 3.63) is 46.0 Å². The Morgan fingerprint density at radius 2 is 1.45 bits per heavy atom. The third kappa shape index (κ3) is 4.48. The van der Waals surface area contributed by atoms with Crippen molar-refractivity contribution in [3.8, 4) is 0 Å². The van der Waals surface area contributed by atoms with E-state index in [4.69, 9.17) is 0 Å². The highest BCUT2D eigenvalue weighted by Crippen LogP contribution is 2.48. The topological polar surface area (TPSA) is 24.7 Å². The standard InChI is InChI=1S/C14H16N2S4/c1-9-10(2)18-13(17-9)7-5-6-8-15-16-14-19-11(3)12(4)20-14/h5-8H,1-4H3/b6-5+,15-8+. The Bertz CT molecular complexity index is 633. The number of hydrogen-bond acceptors (Lipinski definition) is 6. The van der Waals surface area contributed by atoms with Crippen molar-refractivity contribution >= 4 is 52.4 Å². The summed E-state index contributed by atoms with van der Waals surface area (Å²) in [5.41, 5.74) is 0. The monoisotopic (exact) mass is 340 g/mol. The summed E-state index contributed by atoms with van der Waals surface area (Å²) >= 11 is 7.03. The van der Waals surface area contributed by atoms with Crippen molar-refractivity contribution < 1.29 is 0 Å². The van der Waals surface area contributed by atoms with E-state index in [2.05, 4.69) is 44.0 Å². The van der Waals surface area contributed by atoms with E-state index in [1.807, 2.05) is 35.7 Å². The smallest absolute Gasteiger partial charge is 0.157 e. The highest BCUT2D eigenvalue weighted by atomic mass is 32.2. The molecule has 0 bridgehead atoms. The predicted molar refractivity (Wildman–Crippen MR) is 96.5 cm³/mol. The van der Waals surface area contributed by atoms with Crippen molar-refractivity contribution in [2.75, 3.05) is 0 Å². The van der Waals surface area contributed by atoms with Gasteiger partial charge in [-0.1, -0.05) is 29.6 Å². The molecule has 0 N–H and O–H groups in total. The first-order chi connectivity index (χ1) is 9.56. The van der Waals surface area contributed by atoms with Gasteiger partial charge in [-0.2, -0.15) is 5.10 Å². The molecule has 106 valence electrons. The van der Waals surface area contributed by atoms with E-state index in [-0.39, 0.29) is 0 Å². The van der Waals surface area contributed by atoms with Gasteiger partial charge in [0, 0.05) is 20.2 Å². The summed E-state index contributed by atoms with van der Waals surface area (Å²) in [5.74, 6) is 0. The number of nitrogens with zero attached hydrogens (tertiary/aromatic N) is 2. The average molecular weight is 341 g/mol. The van der Waals surface area contributed by atoms with Crippen LogP contribution >= 0.6 is 46.2 Å². The van der Waals surface area contributed by atoms with Gasteiger partial charge < -0.3 is 0 Å². The summed E-state index contributed by atoms with van der Waals surface area (Å²) in [5, 5.41) is 8.27. The van der Waals surface area contributed by atoms with Crippen molar-refractivity contribution in [2.45, 2.75) is 27.7 Å². The number of thioether (sulfide) groups is 2. The first-order valence-electron chi connectivity index (χ1n) is 6.10. The van der Waals surface area contributed by atoms with Crippen LogP contribution in [0.4, 0.5) is 0 Å². The largest absolute Gasteiger partial charge is 0.193 e. The Balaban J connectivity index is 1.90. The predicted octanol–water partition coefficient (Wildman–Crippen LogP) is 5.44. The van der Waals surface area contributed by atoms with Gasteiger partial charge >= 0.3 is 0 Å². The van der Waals surface area contributed by atoms with Crippen molar-refractivity contribution in [1.29, 1.82) is 0 Å². The van der Waals surface area contributed by atoms with Crippen LogP contribution in [0.2, 0.25) is 0 Å². The van der Waals surface area contributed by atoms with Crippen molar-refractivity contribution in [3.63, 3.8) is 0 Å². The SMILES string of the molecule is CC1=C(C)SC(=C/C=C/C=N/N=c2sc(C)c(C)s2)S1. The first kappa shape index (κ1) is 15.8. The summed E-state index contributed by atoms with van der Waals surface area (Å²) in [6.07, 6.45) is 7.77. The molecule has 1 aliphatic rings. The normalized spacial score (nSPS) is 15.9. The van der Waals surface area contributed by atoms with E-state index in [0.717, 1.165) is 3.98 Å². The Labute approximate surface area is 136 Å². The lowest BCUT2D eigenvalue weighted by Crippen LogP contribution is -1.82. The molecule has 2 nitrogen and oxygen atoms in total. The maximum Gasteiger partial charge on any atom is 0.193 e. The third-order valence-electron chi connectivity index (χ3n) is 2.62. The zero-order valence-electron chi connectivity index (χ0n) is 11.8. The molecule has 6 heteroatoms. The molecule has 0 unspecified atom stereocenters. The van der Waals surface area contributed by atoms with E-state index in [1.165, 1.54) is 23.8 Å². The summed E-state index contributed by atoms with van der Waals surface area (Å²) in [6.45, 7) is 8.54. The van der Waals surface area contributed by atoms with Gasteiger partial charge in [0.25, 0.3) is 0 Å². The summed E-state index contributed by atoms with van der Waals surface area (Å²) < 4.78 is 2.31. The Hall–Kier alpha value is -0.560. The Kier molecular flexibility index (Phi) is 5.89. The van der Waals surface area contributed by atoms with Crippen LogP contribution in [0, 0.1) is 13.8 Å². The maximum atomic E-state index is 4.20. The molecule has 2 rings (SSSR count). The van der Waals surface area contributed by atoms with Gasteiger partial charge in [-0.15, -0.1) is 27.8 Å². The molecule has 1 aromatic heterocycles. The number of allylic oxidation sites excluding steroid dienone is 5. The molecule has 2 heterocycles. The second-order valence-corrected chi connectivity index (χ2v) is 9.57. The van der Waals surface area contributed by atoms with Crippen LogP contribution in [0.5, 0.6) is 0 Å². The molecule has 0 aromatic carbocycles. The van der Waals surface area contributed by atoms with Gasteiger partial charge in [-0.25, -0.2) is 0 Å².